The topological polar surface area (TPSA) is 66.8 Å². The molecule has 4 heteroatoms. The molecule has 0 unspecified atom stereocenters. The van der Waals surface area contributed by atoms with Gasteiger partial charge in [-0.05, 0) is 30.5 Å². The molecule has 1 aromatic carbocycles. The predicted octanol–water partition coefficient (Wildman–Crippen LogP) is 1.14. The molecule has 82 valence electrons. The van der Waals surface area contributed by atoms with Crippen molar-refractivity contribution in [3.8, 4) is 11.5 Å². The Morgan fingerprint density at radius 2 is 2.20 bits per heavy atom. The van der Waals surface area contributed by atoms with E-state index in [2.05, 4.69) is 0 Å². The molecule has 0 bridgehead atoms. The van der Waals surface area contributed by atoms with Crippen LogP contribution in [0.3, 0.4) is 0 Å². The second-order valence-electron chi connectivity index (χ2n) is 3.17. The minimum absolute atomic E-state index is 0.0285. The first kappa shape index (κ1) is 11.5. The van der Waals surface area contributed by atoms with Crippen LogP contribution in [0.5, 0.6) is 11.5 Å². The molecule has 0 saturated heterocycles. The average Bonchev–Trinajstić information content (AvgIpc) is 2.27. The van der Waals surface area contributed by atoms with Crippen LogP contribution in [0.15, 0.2) is 12.1 Å². The second-order valence-corrected chi connectivity index (χ2v) is 3.17. The molecular formula is C11H14O4. The van der Waals surface area contributed by atoms with Gasteiger partial charge in [-0.15, -0.1) is 0 Å². The van der Waals surface area contributed by atoms with E-state index in [1.54, 1.807) is 6.07 Å². The number of carbonyl (C=O) groups excluding carboxylic acids is 1. The zero-order chi connectivity index (χ0) is 11.3. The van der Waals surface area contributed by atoms with E-state index >= 15 is 0 Å². The van der Waals surface area contributed by atoms with Crippen LogP contribution in [-0.4, -0.2) is 30.2 Å². The van der Waals surface area contributed by atoms with Crippen LogP contribution in [0.4, 0.5) is 0 Å². The van der Waals surface area contributed by atoms with Crippen LogP contribution in [0.25, 0.3) is 0 Å². The number of rotatable bonds is 5. The molecule has 0 amide bonds. The van der Waals surface area contributed by atoms with Crippen LogP contribution in [0.1, 0.15) is 22.3 Å². The SMILES string of the molecule is COc1cc(C=O)c(O)c(CCCO)c1. The van der Waals surface area contributed by atoms with Gasteiger partial charge in [-0.1, -0.05) is 0 Å². The minimum Gasteiger partial charge on any atom is -0.507 e. The summed E-state index contributed by atoms with van der Waals surface area (Å²) in [5, 5.41) is 18.4. The van der Waals surface area contributed by atoms with Crippen LogP contribution in [0.2, 0.25) is 0 Å². The van der Waals surface area contributed by atoms with Crippen LogP contribution in [-0.2, 0) is 6.42 Å². The fraction of sp³-hybridized carbons (Fsp3) is 0.364. The summed E-state index contributed by atoms with van der Waals surface area (Å²) >= 11 is 0. The summed E-state index contributed by atoms with van der Waals surface area (Å²) in [4.78, 5) is 10.7. The Bertz CT molecular complexity index is 347. The summed E-state index contributed by atoms with van der Waals surface area (Å²) in [5.74, 6) is 0.502. The first-order valence-corrected chi connectivity index (χ1v) is 4.68. The monoisotopic (exact) mass is 210 g/mol. The number of aryl methyl sites for hydroxylation is 1. The van der Waals surface area contributed by atoms with Gasteiger partial charge in [0.05, 0.1) is 12.7 Å². The summed E-state index contributed by atoms with van der Waals surface area (Å²) in [6, 6.07) is 3.14. The minimum atomic E-state index is -0.0285. The third-order valence-corrected chi connectivity index (χ3v) is 2.16. The molecule has 0 aliphatic rings. The van der Waals surface area contributed by atoms with Crippen molar-refractivity contribution in [3.63, 3.8) is 0 Å². The number of ether oxygens (including phenoxy) is 1. The smallest absolute Gasteiger partial charge is 0.153 e. The van der Waals surface area contributed by atoms with Crippen LogP contribution >= 0.6 is 0 Å². The molecule has 1 aromatic rings. The highest BCUT2D eigenvalue weighted by molar-refractivity contribution is 5.81. The van der Waals surface area contributed by atoms with E-state index in [1.807, 2.05) is 0 Å². The lowest BCUT2D eigenvalue weighted by molar-refractivity contribution is 0.112. The van der Waals surface area contributed by atoms with Gasteiger partial charge in [0.25, 0.3) is 0 Å². The van der Waals surface area contributed by atoms with E-state index in [0.717, 1.165) is 0 Å². The number of aldehydes is 1. The van der Waals surface area contributed by atoms with Crippen molar-refractivity contribution >= 4 is 6.29 Å². The molecule has 0 fully saturated rings. The Hall–Kier alpha value is -1.55. The maximum absolute atomic E-state index is 10.7. The summed E-state index contributed by atoms with van der Waals surface area (Å²) < 4.78 is 5.00. The zero-order valence-corrected chi connectivity index (χ0v) is 8.56. The average molecular weight is 210 g/mol. The molecule has 0 aliphatic carbocycles. The Morgan fingerprint density at radius 1 is 1.47 bits per heavy atom. The van der Waals surface area contributed by atoms with Crippen molar-refractivity contribution in [2.45, 2.75) is 12.8 Å². The van der Waals surface area contributed by atoms with E-state index in [-0.39, 0.29) is 17.9 Å². The van der Waals surface area contributed by atoms with Crippen molar-refractivity contribution in [2.75, 3.05) is 13.7 Å². The molecule has 0 saturated carbocycles. The number of hydrogen-bond donors (Lipinski definition) is 2. The van der Waals surface area contributed by atoms with Crippen LogP contribution in [0, 0.1) is 0 Å². The maximum atomic E-state index is 10.7. The van der Waals surface area contributed by atoms with Gasteiger partial charge in [0.15, 0.2) is 6.29 Å². The molecular weight excluding hydrogens is 196 g/mol. The van der Waals surface area contributed by atoms with Gasteiger partial charge < -0.3 is 14.9 Å². The van der Waals surface area contributed by atoms with Crippen LogP contribution < -0.4 is 4.74 Å². The van der Waals surface area contributed by atoms with Crippen molar-refractivity contribution < 1.29 is 19.7 Å². The van der Waals surface area contributed by atoms with Crippen molar-refractivity contribution in [1.29, 1.82) is 0 Å². The highest BCUT2D eigenvalue weighted by atomic mass is 16.5. The molecule has 0 aromatic heterocycles. The fourth-order valence-corrected chi connectivity index (χ4v) is 1.36. The summed E-state index contributed by atoms with van der Waals surface area (Å²) in [5.41, 5.74) is 0.827. The molecule has 0 radical (unpaired) electrons. The summed E-state index contributed by atoms with van der Waals surface area (Å²) in [6.07, 6.45) is 1.64. The van der Waals surface area contributed by atoms with Gasteiger partial charge >= 0.3 is 0 Å². The number of aliphatic hydroxyl groups excluding tert-OH is 1. The van der Waals surface area contributed by atoms with Crippen molar-refractivity contribution in [2.24, 2.45) is 0 Å². The summed E-state index contributed by atoms with van der Waals surface area (Å²) in [6.45, 7) is 0.0487. The van der Waals surface area contributed by atoms with E-state index in [9.17, 15) is 9.90 Å². The highest BCUT2D eigenvalue weighted by Gasteiger charge is 2.09. The lowest BCUT2D eigenvalue weighted by atomic mass is 10.0. The summed E-state index contributed by atoms with van der Waals surface area (Å²) in [7, 11) is 1.50. The Labute approximate surface area is 88.1 Å². The Morgan fingerprint density at radius 3 is 2.73 bits per heavy atom. The molecule has 15 heavy (non-hydrogen) atoms. The molecule has 0 atom stereocenters. The molecule has 0 aliphatic heterocycles. The van der Waals surface area contributed by atoms with E-state index < -0.39 is 0 Å². The van der Waals surface area contributed by atoms with Crippen molar-refractivity contribution in [3.05, 3.63) is 23.3 Å². The first-order valence-electron chi connectivity index (χ1n) is 4.68. The van der Waals surface area contributed by atoms with Gasteiger partial charge in [-0.25, -0.2) is 0 Å². The molecule has 0 spiro atoms. The third kappa shape index (κ3) is 2.70. The quantitative estimate of drug-likeness (QED) is 0.715. The number of aliphatic hydroxyl groups is 1. The van der Waals surface area contributed by atoms with E-state index in [0.29, 0.717) is 30.4 Å². The Balaban J connectivity index is 3.06. The number of hydrogen-bond acceptors (Lipinski definition) is 4. The number of methoxy groups -OCH3 is 1. The van der Waals surface area contributed by atoms with E-state index in [1.165, 1.54) is 13.2 Å². The number of aromatic hydroxyl groups is 1. The van der Waals surface area contributed by atoms with Crippen molar-refractivity contribution in [1.82, 2.24) is 0 Å². The van der Waals surface area contributed by atoms with Gasteiger partial charge in [0.1, 0.15) is 11.5 Å². The lowest BCUT2D eigenvalue weighted by Crippen LogP contribution is -1.95. The normalized spacial score (nSPS) is 10.0. The fourth-order valence-electron chi connectivity index (χ4n) is 1.36. The number of phenolic OH excluding ortho intramolecular Hbond substituents is 1. The van der Waals surface area contributed by atoms with Gasteiger partial charge in [-0.3, -0.25) is 4.79 Å². The number of benzene rings is 1. The molecule has 0 heterocycles. The zero-order valence-electron chi connectivity index (χ0n) is 8.56. The predicted molar refractivity (Wildman–Crippen MR) is 55.5 cm³/mol. The molecule has 2 N–H and O–H groups in total. The number of phenols is 1. The van der Waals surface area contributed by atoms with E-state index in [4.69, 9.17) is 9.84 Å². The van der Waals surface area contributed by atoms with Gasteiger partial charge in [0, 0.05) is 6.61 Å². The molecule has 1 rings (SSSR count). The molecule has 4 nitrogen and oxygen atoms in total. The first-order chi connectivity index (χ1) is 7.22. The second kappa shape index (κ2) is 5.36. The van der Waals surface area contributed by atoms with Gasteiger partial charge in [0.2, 0.25) is 0 Å². The lowest BCUT2D eigenvalue weighted by Gasteiger charge is -2.08. The van der Waals surface area contributed by atoms with Gasteiger partial charge in [-0.2, -0.15) is 0 Å². The Kier molecular flexibility index (Phi) is 4.12. The standard InChI is InChI=1S/C11H14O4/c1-15-10-5-8(3-2-4-12)11(14)9(6-10)7-13/h5-7,12,14H,2-4H2,1H3. The largest absolute Gasteiger partial charge is 0.507 e. The maximum Gasteiger partial charge on any atom is 0.153 e. The third-order valence-electron chi connectivity index (χ3n) is 2.16. The number of carbonyl (C=O) groups is 1. The highest BCUT2D eigenvalue weighted by Crippen LogP contribution is 2.28.